The van der Waals surface area contributed by atoms with Crippen LogP contribution < -0.4 is 0 Å². The van der Waals surface area contributed by atoms with Crippen molar-refractivity contribution in [1.29, 1.82) is 0 Å². The number of phenolic OH excluding ortho intramolecular Hbond substituents is 2. The van der Waals surface area contributed by atoms with Crippen molar-refractivity contribution in [2.45, 2.75) is 0 Å². The van der Waals surface area contributed by atoms with Gasteiger partial charge in [-0.15, -0.1) is 0 Å². The fourth-order valence-corrected chi connectivity index (χ4v) is 0.719. The van der Waals surface area contributed by atoms with Crippen LogP contribution in [0.25, 0.3) is 0 Å². The van der Waals surface area contributed by atoms with Crippen LogP contribution in [0.3, 0.4) is 0 Å². The van der Waals surface area contributed by atoms with Crippen molar-refractivity contribution < 1.29 is 31.1 Å². The van der Waals surface area contributed by atoms with Gasteiger partial charge >= 0.3 is 5.97 Å². The first-order chi connectivity index (χ1) is 5.09. The molecule has 0 bridgehead atoms. The largest absolute Gasteiger partial charge is 0.508 e. The van der Waals surface area contributed by atoms with E-state index in [2.05, 4.69) is 0 Å². The maximum atomic E-state index is 10.3. The summed E-state index contributed by atoms with van der Waals surface area (Å²) in [5.41, 5.74) is -0.137. The second kappa shape index (κ2) is 4.96. The minimum Gasteiger partial charge on any atom is -0.508 e. The molecule has 1 aromatic carbocycles. The minimum atomic E-state index is -1.18. The first kappa shape index (κ1) is 13.8. The number of carbonyl (C=O) groups is 1. The van der Waals surface area contributed by atoms with E-state index in [4.69, 9.17) is 15.3 Å². The van der Waals surface area contributed by atoms with Gasteiger partial charge in [-0.1, -0.05) is 0 Å². The Bertz CT molecular complexity index is 275. The fourth-order valence-electron chi connectivity index (χ4n) is 0.719. The summed E-state index contributed by atoms with van der Waals surface area (Å²) in [4.78, 5) is 10.3. The van der Waals surface area contributed by atoms with Gasteiger partial charge in [0.25, 0.3) is 0 Å². The van der Waals surface area contributed by atoms with Crippen LogP contribution in [0.1, 0.15) is 10.4 Å². The third kappa shape index (κ3) is 3.41. The van der Waals surface area contributed by atoms with Crippen LogP contribution >= 0.6 is 0 Å². The molecule has 13 heavy (non-hydrogen) atoms. The van der Waals surface area contributed by atoms with Gasteiger partial charge < -0.3 is 26.3 Å². The molecular weight excluding hydrogens is 180 g/mol. The number of rotatable bonds is 1. The van der Waals surface area contributed by atoms with Crippen molar-refractivity contribution in [3.8, 4) is 11.5 Å². The van der Waals surface area contributed by atoms with Crippen molar-refractivity contribution in [3.05, 3.63) is 23.8 Å². The average molecular weight is 190 g/mol. The van der Waals surface area contributed by atoms with Gasteiger partial charge in [0, 0.05) is 6.07 Å². The first-order valence-electron chi connectivity index (χ1n) is 2.86. The third-order valence-corrected chi connectivity index (χ3v) is 1.15. The predicted molar refractivity (Wildman–Crippen MR) is 44.0 cm³/mol. The molecule has 0 spiro atoms. The molecule has 0 aliphatic carbocycles. The number of aromatic hydroxyl groups is 2. The van der Waals surface area contributed by atoms with Crippen LogP contribution in [0.5, 0.6) is 11.5 Å². The lowest BCUT2D eigenvalue weighted by atomic mass is 10.2. The van der Waals surface area contributed by atoms with E-state index in [-0.39, 0.29) is 28.0 Å². The topological polar surface area (TPSA) is 141 Å². The zero-order chi connectivity index (χ0) is 8.43. The highest BCUT2D eigenvalue weighted by Gasteiger charge is 2.04. The van der Waals surface area contributed by atoms with E-state index < -0.39 is 5.97 Å². The number of carboxylic acids is 1. The monoisotopic (exact) mass is 190 g/mol. The second-order valence-electron chi connectivity index (χ2n) is 2.04. The summed E-state index contributed by atoms with van der Waals surface area (Å²) < 4.78 is 0. The number of hydrogen-bond donors (Lipinski definition) is 3. The maximum absolute atomic E-state index is 10.3. The third-order valence-electron chi connectivity index (χ3n) is 1.15. The van der Waals surface area contributed by atoms with Crippen LogP contribution in [-0.4, -0.2) is 32.2 Å². The zero-order valence-corrected chi connectivity index (χ0v) is 6.48. The number of carboxylic acid groups (broad SMARTS) is 1. The molecule has 0 saturated heterocycles. The summed E-state index contributed by atoms with van der Waals surface area (Å²) in [7, 11) is 0. The number of phenols is 2. The van der Waals surface area contributed by atoms with Crippen molar-refractivity contribution in [1.82, 2.24) is 0 Å². The van der Waals surface area contributed by atoms with E-state index in [9.17, 15) is 4.79 Å². The molecule has 6 heteroatoms. The Balaban J connectivity index is 0. The standard InChI is InChI=1S/C7H6O4.2H2O/c8-5-1-4(7(10)11)2-6(9)3-5;;/h1-3,8-9H,(H,10,11);2*1H2. The Hall–Kier alpha value is -1.79. The molecule has 0 radical (unpaired) electrons. The molecule has 0 unspecified atom stereocenters. The van der Waals surface area contributed by atoms with Crippen LogP contribution in [0.15, 0.2) is 18.2 Å². The summed E-state index contributed by atoms with van der Waals surface area (Å²) in [6.45, 7) is 0. The summed E-state index contributed by atoms with van der Waals surface area (Å²) >= 11 is 0. The fraction of sp³-hybridized carbons (Fsp3) is 0. The van der Waals surface area contributed by atoms with Gasteiger partial charge in [0.1, 0.15) is 11.5 Å². The number of benzene rings is 1. The highest BCUT2D eigenvalue weighted by molar-refractivity contribution is 5.88. The molecule has 0 amide bonds. The molecule has 0 heterocycles. The molecule has 1 rings (SSSR count). The van der Waals surface area contributed by atoms with Crippen LogP contribution in [0, 0.1) is 0 Å². The molecule has 74 valence electrons. The molecule has 0 aliphatic rings. The van der Waals surface area contributed by atoms with Gasteiger partial charge in [-0.25, -0.2) is 4.79 Å². The van der Waals surface area contributed by atoms with Gasteiger partial charge in [0.15, 0.2) is 0 Å². The van der Waals surface area contributed by atoms with Gasteiger partial charge in [-0.3, -0.25) is 0 Å². The molecule has 6 nitrogen and oxygen atoms in total. The van der Waals surface area contributed by atoms with Crippen molar-refractivity contribution in [2.75, 3.05) is 0 Å². The Morgan fingerprint density at radius 1 is 1.00 bits per heavy atom. The van der Waals surface area contributed by atoms with E-state index in [0.29, 0.717) is 0 Å². The number of hydrogen-bond acceptors (Lipinski definition) is 3. The molecular formula is C7H10O6. The van der Waals surface area contributed by atoms with Gasteiger partial charge in [0.05, 0.1) is 5.56 Å². The lowest BCUT2D eigenvalue weighted by Crippen LogP contribution is -1.94. The normalized spacial score (nSPS) is 8.00. The van der Waals surface area contributed by atoms with E-state index >= 15 is 0 Å². The van der Waals surface area contributed by atoms with Gasteiger partial charge in [-0.2, -0.15) is 0 Å². The second-order valence-corrected chi connectivity index (χ2v) is 2.04. The Kier molecular flexibility index (Phi) is 5.26. The first-order valence-corrected chi connectivity index (χ1v) is 2.86. The minimum absolute atomic E-state index is 0. The lowest BCUT2D eigenvalue weighted by molar-refractivity contribution is 0.0696. The van der Waals surface area contributed by atoms with Crippen molar-refractivity contribution in [2.24, 2.45) is 0 Å². The summed E-state index contributed by atoms with van der Waals surface area (Å²) in [5, 5.41) is 26.1. The molecule has 0 aliphatic heterocycles. The molecule has 7 N–H and O–H groups in total. The predicted octanol–water partition coefficient (Wildman–Crippen LogP) is -0.853. The quantitative estimate of drug-likeness (QED) is 0.530. The van der Waals surface area contributed by atoms with Crippen molar-refractivity contribution in [3.63, 3.8) is 0 Å². The van der Waals surface area contributed by atoms with Crippen LogP contribution in [0.2, 0.25) is 0 Å². The van der Waals surface area contributed by atoms with E-state index in [1.165, 1.54) is 0 Å². The molecule has 0 atom stereocenters. The van der Waals surface area contributed by atoms with E-state index in [1.54, 1.807) is 0 Å². The maximum Gasteiger partial charge on any atom is 0.335 e. The summed E-state index contributed by atoms with van der Waals surface area (Å²) in [5.74, 6) is -1.71. The van der Waals surface area contributed by atoms with Gasteiger partial charge in [-0.05, 0) is 12.1 Å². The molecule has 0 saturated carbocycles. The Labute approximate surface area is 73.3 Å². The van der Waals surface area contributed by atoms with Crippen LogP contribution in [0.4, 0.5) is 0 Å². The van der Waals surface area contributed by atoms with E-state index in [1.807, 2.05) is 0 Å². The smallest absolute Gasteiger partial charge is 0.335 e. The van der Waals surface area contributed by atoms with Crippen molar-refractivity contribution >= 4 is 5.97 Å². The molecule has 1 aromatic rings. The highest BCUT2D eigenvalue weighted by atomic mass is 16.4. The number of aromatic carboxylic acids is 1. The van der Waals surface area contributed by atoms with Gasteiger partial charge in [0.2, 0.25) is 0 Å². The average Bonchev–Trinajstić information content (AvgIpc) is 1.85. The van der Waals surface area contributed by atoms with E-state index in [0.717, 1.165) is 18.2 Å². The Morgan fingerprint density at radius 3 is 1.69 bits per heavy atom. The summed E-state index contributed by atoms with van der Waals surface area (Å²) in [6.07, 6.45) is 0. The van der Waals surface area contributed by atoms with Crippen LogP contribution in [-0.2, 0) is 0 Å². The lowest BCUT2D eigenvalue weighted by Gasteiger charge is -1.96. The molecule has 0 fully saturated rings. The highest BCUT2D eigenvalue weighted by Crippen LogP contribution is 2.19. The molecule has 0 aromatic heterocycles. The Morgan fingerprint density at radius 2 is 1.38 bits per heavy atom. The summed E-state index contributed by atoms with van der Waals surface area (Å²) in [6, 6.07) is 3.18. The SMILES string of the molecule is O.O.O=C(O)c1cc(O)cc(O)c1. The zero-order valence-electron chi connectivity index (χ0n) is 6.48.